The zero-order valence-electron chi connectivity index (χ0n) is 20.5. The Bertz CT molecular complexity index is 402. The van der Waals surface area contributed by atoms with Gasteiger partial charge in [-0.3, -0.25) is 0 Å². The van der Waals surface area contributed by atoms with Crippen LogP contribution in [0.4, 0.5) is 0 Å². The van der Waals surface area contributed by atoms with Gasteiger partial charge < -0.3 is 14.5 Å². The van der Waals surface area contributed by atoms with Crippen LogP contribution >= 0.6 is 0 Å². The lowest BCUT2D eigenvalue weighted by atomic mass is 9.87. The normalized spacial score (nSPS) is 25.9. The van der Waals surface area contributed by atoms with Gasteiger partial charge in [0, 0.05) is 25.7 Å². The van der Waals surface area contributed by atoms with E-state index in [2.05, 4.69) is 44.5 Å². The summed E-state index contributed by atoms with van der Waals surface area (Å²) in [6.45, 7) is 15.6. The van der Waals surface area contributed by atoms with Crippen molar-refractivity contribution in [3.05, 3.63) is 0 Å². The van der Waals surface area contributed by atoms with Crippen LogP contribution in [0.2, 0.25) is 0 Å². The van der Waals surface area contributed by atoms with Crippen LogP contribution in [0.25, 0.3) is 0 Å². The van der Waals surface area contributed by atoms with Crippen LogP contribution in [-0.2, 0) is 4.74 Å². The smallest absolute Gasteiger partial charge is 0.0605 e. The van der Waals surface area contributed by atoms with Crippen molar-refractivity contribution in [3.8, 4) is 0 Å². The Kier molecular flexibility index (Phi) is 12.2. The van der Waals surface area contributed by atoms with Gasteiger partial charge in [-0.2, -0.15) is 0 Å². The summed E-state index contributed by atoms with van der Waals surface area (Å²) in [5.74, 6) is 2.59. The SMILES string of the molecule is CCCCCCC(C)CN(C)[C@H]1C[C@H](OCCC2CCN(CC(C)CC)CC2)C1. The summed E-state index contributed by atoms with van der Waals surface area (Å²) in [6.07, 6.45) is 15.4. The molecule has 2 atom stereocenters. The van der Waals surface area contributed by atoms with Gasteiger partial charge in [-0.25, -0.2) is 0 Å². The van der Waals surface area contributed by atoms with Crippen LogP contribution in [0.1, 0.15) is 98.3 Å². The molecule has 29 heavy (non-hydrogen) atoms. The second-order valence-electron chi connectivity index (χ2n) is 10.6. The molecule has 0 spiro atoms. The summed E-state index contributed by atoms with van der Waals surface area (Å²) in [7, 11) is 2.33. The minimum absolute atomic E-state index is 0.535. The average Bonchev–Trinajstić information content (AvgIpc) is 2.68. The van der Waals surface area contributed by atoms with Gasteiger partial charge in [0.05, 0.1) is 6.10 Å². The van der Waals surface area contributed by atoms with E-state index in [0.717, 1.165) is 30.4 Å². The number of nitrogens with zero attached hydrogens (tertiary/aromatic N) is 2. The van der Waals surface area contributed by atoms with Crippen LogP contribution < -0.4 is 0 Å². The minimum atomic E-state index is 0.535. The number of likely N-dealkylation sites (tertiary alicyclic amines) is 1. The van der Waals surface area contributed by atoms with Crippen molar-refractivity contribution < 1.29 is 4.74 Å². The van der Waals surface area contributed by atoms with Crippen molar-refractivity contribution >= 4 is 0 Å². The first-order chi connectivity index (χ1) is 14.0. The number of hydrogen-bond donors (Lipinski definition) is 0. The molecule has 2 unspecified atom stereocenters. The van der Waals surface area contributed by atoms with Crippen LogP contribution in [0.5, 0.6) is 0 Å². The molecule has 0 aromatic carbocycles. The van der Waals surface area contributed by atoms with E-state index in [1.807, 2.05) is 0 Å². The van der Waals surface area contributed by atoms with E-state index in [0.29, 0.717) is 6.10 Å². The summed E-state index contributed by atoms with van der Waals surface area (Å²) in [5.41, 5.74) is 0. The Labute approximate surface area is 182 Å². The molecule has 172 valence electrons. The van der Waals surface area contributed by atoms with Gasteiger partial charge >= 0.3 is 0 Å². The fourth-order valence-electron chi connectivity index (χ4n) is 5.11. The molecule has 3 nitrogen and oxygen atoms in total. The second kappa shape index (κ2) is 14.0. The number of piperidine rings is 1. The van der Waals surface area contributed by atoms with E-state index in [9.17, 15) is 0 Å². The first kappa shape index (κ1) is 25.1. The van der Waals surface area contributed by atoms with Gasteiger partial charge in [-0.15, -0.1) is 0 Å². The van der Waals surface area contributed by atoms with E-state index in [1.54, 1.807) is 0 Å². The highest BCUT2D eigenvalue weighted by atomic mass is 16.5. The average molecular weight is 409 g/mol. The van der Waals surface area contributed by atoms with E-state index >= 15 is 0 Å². The highest BCUT2D eigenvalue weighted by molar-refractivity contribution is 4.87. The number of unbranched alkanes of at least 4 members (excludes halogenated alkanes) is 3. The summed E-state index contributed by atoms with van der Waals surface area (Å²) in [5, 5.41) is 0. The monoisotopic (exact) mass is 408 g/mol. The number of ether oxygens (including phenoxy) is 1. The van der Waals surface area contributed by atoms with E-state index in [4.69, 9.17) is 4.74 Å². The van der Waals surface area contributed by atoms with Gasteiger partial charge in [0.1, 0.15) is 0 Å². The summed E-state index contributed by atoms with van der Waals surface area (Å²) < 4.78 is 6.23. The van der Waals surface area contributed by atoms with Gasteiger partial charge in [0.15, 0.2) is 0 Å². The third kappa shape index (κ3) is 9.70. The minimum Gasteiger partial charge on any atom is -0.378 e. The maximum atomic E-state index is 6.23. The predicted octanol–water partition coefficient (Wildman–Crippen LogP) is 6.22. The molecule has 0 aromatic heterocycles. The Morgan fingerprint density at radius 3 is 2.38 bits per heavy atom. The molecular formula is C26H52N2O. The fraction of sp³-hybridized carbons (Fsp3) is 1.00. The van der Waals surface area contributed by atoms with Gasteiger partial charge in [-0.1, -0.05) is 59.8 Å². The zero-order chi connectivity index (χ0) is 21.1. The van der Waals surface area contributed by atoms with Crippen molar-refractivity contribution in [1.82, 2.24) is 9.80 Å². The molecule has 0 bridgehead atoms. The zero-order valence-corrected chi connectivity index (χ0v) is 20.5. The Hall–Kier alpha value is -0.120. The van der Waals surface area contributed by atoms with E-state index in [-0.39, 0.29) is 0 Å². The topological polar surface area (TPSA) is 15.7 Å². The molecule has 1 heterocycles. The van der Waals surface area contributed by atoms with Crippen LogP contribution in [-0.4, -0.2) is 61.8 Å². The van der Waals surface area contributed by atoms with Crippen molar-refractivity contribution in [2.45, 2.75) is 110 Å². The van der Waals surface area contributed by atoms with Crippen LogP contribution in [0.15, 0.2) is 0 Å². The lowest BCUT2D eigenvalue weighted by Crippen LogP contribution is -2.47. The quantitative estimate of drug-likeness (QED) is 0.299. The number of hydrogen-bond acceptors (Lipinski definition) is 3. The van der Waals surface area contributed by atoms with Crippen molar-refractivity contribution in [1.29, 1.82) is 0 Å². The molecule has 2 rings (SSSR count). The molecule has 0 radical (unpaired) electrons. The maximum absolute atomic E-state index is 6.23. The van der Waals surface area contributed by atoms with Crippen molar-refractivity contribution in [3.63, 3.8) is 0 Å². The van der Waals surface area contributed by atoms with Gasteiger partial charge in [0.2, 0.25) is 0 Å². The standard InChI is InChI=1S/C26H52N2O/c1-6-8-9-10-11-23(4)20-27(5)25-18-26(19-25)29-17-14-24-12-15-28(16-13-24)21-22(3)7-2/h22-26H,6-21H2,1-5H3/t22?,23?,25-,26-. The molecule has 0 N–H and O–H groups in total. The molecular weight excluding hydrogens is 356 g/mol. The molecule has 0 aromatic rings. The largest absolute Gasteiger partial charge is 0.378 e. The molecule has 1 aliphatic carbocycles. The van der Waals surface area contributed by atoms with E-state index in [1.165, 1.54) is 96.8 Å². The first-order valence-corrected chi connectivity index (χ1v) is 13.1. The Morgan fingerprint density at radius 1 is 1.00 bits per heavy atom. The highest BCUT2D eigenvalue weighted by Gasteiger charge is 2.33. The third-order valence-electron chi connectivity index (χ3n) is 7.70. The van der Waals surface area contributed by atoms with Crippen LogP contribution in [0.3, 0.4) is 0 Å². The summed E-state index contributed by atoms with van der Waals surface area (Å²) >= 11 is 0. The number of rotatable bonds is 15. The fourth-order valence-corrected chi connectivity index (χ4v) is 5.11. The second-order valence-corrected chi connectivity index (χ2v) is 10.6. The predicted molar refractivity (Wildman–Crippen MR) is 127 cm³/mol. The van der Waals surface area contributed by atoms with Gasteiger partial charge in [0.25, 0.3) is 0 Å². The maximum Gasteiger partial charge on any atom is 0.0605 e. The third-order valence-corrected chi connectivity index (χ3v) is 7.70. The lowest BCUT2D eigenvalue weighted by Gasteiger charge is -2.42. The lowest BCUT2D eigenvalue weighted by molar-refractivity contribution is -0.0526. The van der Waals surface area contributed by atoms with Crippen molar-refractivity contribution in [2.24, 2.45) is 17.8 Å². The molecule has 1 saturated carbocycles. The Morgan fingerprint density at radius 2 is 1.72 bits per heavy atom. The highest BCUT2D eigenvalue weighted by Crippen LogP contribution is 2.29. The van der Waals surface area contributed by atoms with E-state index < -0.39 is 0 Å². The first-order valence-electron chi connectivity index (χ1n) is 13.1. The van der Waals surface area contributed by atoms with Gasteiger partial charge in [-0.05, 0) is 76.4 Å². The molecule has 3 heteroatoms. The molecule has 0 amide bonds. The summed E-state index contributed by atoms with van der Waals surface area (Å²) in [6, 6.07) is 0.766. The molecule has 1 saturated heterocycles. The molecule has 2 aliphatic rings. The summed E-state index contributed by atoms with van der Waals surface area (Å²) in [4.78, 5) is 5.29. The van der Waals surface area contributed by atoms with Crippen LogP contribution in [0, 0.1) is 17.8 Å². The molecule has 2 fully saturated rings. The Balaban J connectivity index is 1.47. The molecule has 1 aliphatic heterocycles. The van der Waals surface area contributed by atoms with Crippen molar-refractivity contribution in [2.75, 3.05) is 39.8 Å².